The molecule has 1 saturated heterocycles. The van der Waals surface area contributed by atoms with Crippen LogP contribution in [0.15, 0.2) is 51.8 Å². The lowest BCUT2D eigenvalue weighted by molar-refractivity contribution is -0.135. The minimum absolute atomic E-state index is 0.0497. The average molecular weight is 495 g/mol. The van der Waals surface area contributed by atoms with Crippen LogP contribution in [0.3, 0.4) is 0 Å². The first kappa shape index (κ1) is 23.2. The number of hydrogen-bond donors (Lipinski definition) is 0. The van der Waals surface area contributed by atoms with E-state index in [4.69, 9.17) is 20.8 Å². The van der Waals surface area contributed by atoms with Crippen LogP contribution >= 0.6 is 11.6 Å². The Morgan fingerprint density at radius 1 is 1.09 bits per heavy atom. The van der Waals surface area contributed by atoms with Crippen molar-refractivity contribution in [2.45, 2.75) is 11.8 Å². The van der Waals surface area contributed by atoms with Crippen LogP contribution in [0, 0.1) is 12.7 Å². The number of benzene rings is 2. The van der Waals surface area contributed by atoms with E-state index in [1.165, 1.54) is 45.6 Å². The SMILES string of the molecule is Cc1c(C(=O)OCC(=O)N2CCN(S(=O)(=O)c3ccc(Cl)cc3)CC2)oc2c(F)cccc12. The molecule has 0 aliphatic carbocycles. The minimum Gasteiger partial charge on any atom is -0.450 e. The predicted octanol–water partition coefficient (Wildman–Crippen LogP) is 3.22. The number of hydrogen-bond acceptors (Lipinski definition) is 6. The summed E-state index contributed by atoms with van der Waals surface area (Å²) in [6.07, 6.45) is 0. The van der Waals surface area contributed by atoms with Gasteiger partial charge >= 0.3 is 5.97 Å². The van der Waals surface area contributed by atoms with Crippen LogP contribution < -0.4 is 0 Å². The highest BCUT2D eigenvalue weighted by atomic mass is 35.5. The number of furan rings is 1. The van der Waals surface area contributed by atoms with E-state index in [9.17, 15) is 22.4 Å². The number of nitrogens with zero attached hydrogens (tertiary/aromatic N) is 2. The molecule has 0 saturated carbocycles. The van der Waals surface area contributed by atoms with Gasteiger partial charge in [0, 0.05) is 42.2 Å². The van der Waals surface area contributed by atoms with Gasteiger partial charge in [0.05, 0.1) is 4.90 Å². The lowest BCUT2D eigenvalue weighted by Crippen LogP contribution is -2.51. The number of halogens is 2. The molecule has 1 aliphatic rings. The zero-order chi connectivity index (χ0) is 23.8. The number of amides is 1. The van der Waals surface area contributed by atoms with E-state index in [2.05, 4.69) is 0 Å². The van der Waals surface area contributed by atoms with Crippen molar-refractivity contribution >= 4 is 44.5 Å². The van der Waals surface area contributed by atoms with Crippen molar-refractivity contribution in [2.75, 3.05) is 32.8 Å². The third kappa shape index (κ3) is 4.59. The number of sulfonamides is 1. The van der Waals surface area contributed by atoms with E-state index in [1.54, 1.807) is 13.0 Å². The van der Waals surface area contributed by atoms with Crippen molar-refractivity contribution in [3.63, 3.8) is 0 Å². The van der Waals surface area contributed by atoms with Gasteiger partial charge in [0.25, 0.3) is 5.91 Å². The summed E-state index contributed by atoms with van der Waals surface area (Å²) in [5.74, 6) is -2.11. The molecule has 174 valence electrons. The lowest BCUT2D eigenvalue weighted by Gasteiger charge is -2.33. The predicted molar refractivity (Wildman–Crippen MR) is 118 cm³/mol. The molecule has 8 nitrogen and oxygen atoms in total. The van der Waals surface area contributed by atoms with Crippen LogP contribution in [0.2, 0.25) is 5.02 Å². The standard InChI is InChI=1S/C22H20ClFN2O6S/c1-14-17-3-2-4-18(24)21(17)32-20(14)22(28)31-13-19(27)25-9-11-26(12-10-25)33(29,30)16-7-5-15(23)6-8-16/h2-8H,9-13H2,1H3. The molecule has 11 heteroatoms. The molecule has 1 amide bonds. The average Bonchev–Trinajstić information content (AvgIpc) is 3.15. The van der Waals surface area contributed by atoms with Gasteiger partial charge in [0.1, 0.15) is 0 Å². The highest BCUT2D eigenvalue weighted by Gasteiger charge is 2.31. The van der Waals surface area contributed by atoms with Gasteiger partial charge < -0.3 is 14.1 Å². The second kappa shape index (κ2) is 9.12. The fourth-order valence-corrected chi connectivity index (χ4v) is 5.17. The first-order chi connectivity index (χ1) is 15.7. The molecule has 1 aliphatic heterocycles. The van der Waals surface area contributed by atoms with Gasteiger partial charge in [0.15, 0.2) is 18.0 Å². The monoisotopic (exact) mass is 494 g/mol. The van der Waals surface area contributed by atoms with Gasteiger partial charge in [-0.2, -0.15) is 4.31 Å². The van der Waals surface area contributed by atoms with E-state index in [-0.39, 0.29) is 42.4 Å². The quantitative estimate of drug-likeness (QED) is 0.505. The number of para-hydroxylation sites is 1. The molecule has 1 fully saturated rings. The fourth-order valence-electron chi connectivity index (χ4n) is 3.62. The van der Waals surface area contributed by atoms with E-state index in [0.29, 0.717) is 16.0 Å². The topological polar surface area (TPSA) is 97.1 Å². The summed E-state index contributed by atoms with van der Waals surface area (Å²) in [5, 5.41) is 0.883. The second-order valence-corrected chi connectivity index (χ2v) is 9.86. The van der Waals surface area contributed by atoms with Crippen molar-refractivity contribution < 1.29 is 31.6 Å². The van der Waals surface area contributed by atoms with Gasteiger partial charge in [-0.15, -0.1) is 0 Å². The molecule has 33 heavy (non-hydrogen) atoms. The van der Waals surface area contributed by atoms with Gasteiger partial charge in [-0.3, -0.25) is 4.79 Å². The molecule has 0 spiro atoms. The first-order valence-electron chi connectivity index (χ1n) is 10.1. The Kier molecular flexibility index (Phi) is 6.42. The molecular formula is C22H20ClFN2O6S. The molecule has 0 bridgehead atoms. The van der Waals surface area contributed by atoms with Crippen molar-refractivity contribution in [3.05, 3.63) is 64.6 Å². The minimum atomic E-state index is -3.70. The summed E-state index contributed by atoms with van der Waals surface area (Å²) in [6.45, 7) is 1.57. The summed E-state index contributed by atoms with van der Waals surface area (Å²) in [7, 11) is -3.70. The Morgan fingerprint density at radius 2 is 1.76 bits per heavy atom. The summed E-state index contributed by atoms with van der Waals surface area (Å²) in [5.41, 5.74) is 0.370. The van der Waals surface area contributed by atoms with E-state index >= 15 is 0 Å². The third-order valence-corrected chi connectivity index (χ3v) is 7.64. The summed E-state index contributed by atoms with van der Waals surface area (Å²) in [4.78, 5) is 26.4. The Bertz CT molecular complexity index is 1310. The summed E-state index contributed by atoms with van der Waals surface area (Å²) < 4.78 is 51.1. The zero-order valence-corrected chi connectivity index (χ0v) is 19.2. The highest BCUT2D eigenvalue weighted by molar-refractivity contribution is 7.89. The molecular weight excluding hydrogens is 475 g/mol. The number of rotatable bonds is 5. The molecule has 2 heterocycles. The van der Waals surface area contributed by atoms with Gasteiger partial charge in [-0.05, 0) is 37.3 Å². The molecule has 1 aromatic heterocycles. The summed E-state index contributed by atoms with van der Waals surface area (Å²) >= 11 is 5.82. The van der Waals surface area contributed by atoms with Crippen LogP contribution in [0.4, 0.5) is 4.39 Å². The van der Waals surface area contributed by atoms with Crippen LogP contribution in [0.5, 0.6) is 0 Å². The molecule has 0 atom stereocenters. The van der Waals surface area contributed by atoms with E-state index in [0.717, 1.165) is 0 Å². The molecule has 3 aromatic rings. The molecule has 0 unspecified atom stereocenters. The van der Waals surface area contributed by atoms with Crippen molar-refractivity contribution in [1.29, 1.82) is 0 Å². The number of piperazine rings is 1. The van der Waals surface area contributed by atoms with Crippen LogP contribution in [0.1, 0.15) is 16.1 Å². The van der Waals surface area contributed by atoms with Crippen LogP contribution in [-0.4, -0.2) is 62.3 Å². The Balaban J connectivity index is 1.34. The van der Waals surface area contributed by atoms with Crippen molar-refractivity contribution in [1.82, 2.24) is 9.21 Å². The van der Waals surface area contributed by atoms with Crippen LogP contribution in [0.25, 0.3) is 11.0 Å². The number of carbonyl (C=O) groups excluding carboxylic acids is 2. The maximum absolute atomic E-state index is 13.9. The maximum Gasteiger partial charge on any atom is 0.375 e. The van der Waals surface area contributed by atoms with Crippen molar-refractivity contribution in [2.24, 2.45) is 0 Å². The number of carbonyl (C=O) groups is 2. The maximum atomic E-state index is 13.9. The fraction of sp³-hybridized carbons (Fsp3) is 0.273. The number of aryl methyl sites for hydroxylation is 1. The zero-order valence-electron chi connectivity index (χ0n) is 17.6. The lowest BCUT2D eigenvalue weighted by atomic mass is 10.1. The number of esters is 1. The molecule has 2 aromatic carbocycles. The Labute approximate surface area is 194 Å². The largest absolute Gasteiger partial charge is 0.450 e. The number of fused-ring (bicyclic) bond motifs is 1. The van der Waals surface area contributed by atoms with Crippen LogP contribution in [-0.2, 0) is 19.6 Å². The van der Waals surface area contributed by atoms with E-state index < -0.39 is 34.3 Å². The number of ether oxygens (including phenoxy) is 1. The third-order valence-electron chi connectivity index (χ3n) is 5.47. The smallest absolute Gasteiger partial charge is 0.375 e. The highest BCUT2D eigenvalue weighted by Crippen LogP contribution is 2.27. The Hall–Kier alpha value is -2.95. The molecule has 4 rings (SSSR count). The van der Waals surface area contributed by atoms with E-state index in [1.807, 2.05) is 0 Å². The normalized spacial score (nSPS) is 15.1. The molecule has 0 radical (unpaired) electrons. The molecule has 0 N–H and O–H groups in total. The summed E-state index contributed by atoms with van der Waals surface area (Å²) in [6, 6.07) is 10.2. The van der Waals surface area contributed by atoms with Crippen molar-refractivity contribution in [3.8, 4) is 0 Å². The first-order valence-corrected chi connectivity index (χ1v) is 11.9. The Morgan fingerprint density at radius 3 is 2.39 bits per heavy atom. The van der Waals surface area contributed by atoms with Gasteiger partial charge in [-0.1, -0.05) is 23.7 Å². The van der Waals surface area contributed by atoms with Gasteiger partial charge in [0.2, 0.25) is 15.8 Å². The van der Waals surface area contributed by atoms with Gasteiger partial charge in [-0.25, -0.2) is 17.6 Å². The second-order valence-electron chi connectivity index (χ2n) is 7.49.